The number of rotatable bonds is 4. The van der Waals surface area contributed by atoms with Crippen LogP contribution in [0.15, 0.2) is 18.2 Å². The van der Waals surface area contributed by atoms with Crippen LogP contribution in [0.3, 0.4) is 0 Å². The van der Waals surface area contributed by atoms with Crippen molar-refractivity contribution in [2.45, 2.75) is 72.3 Å². The minimum atomic E-state index is 0.671. The molecule has 1 saturated carbocycles. The van der Waals surface area contributed by atoms with Gasteiger partial charge in [-0.1, -0.05) is 51.8 Å². The molecule has 2 rings (SSSR count). The van der Waals surface area contributed by atoms with Gasteiger partial charge >= 0.3 is 0 Å². The normalized spacial score (nSPS) is 23.6. The van der Waals surface area contributed by atoms with Crippen LogP contribution in [0, 0.1) is 18.8 Å². The Morgan fingerprint density at radius 1 is 1.15 bits per heavy atom. The Labute approximate surface area is 125 Å². The summed E-state index contributed by atoms with van der Waals surface area (Å²) in [5.74, 6) is 1.78. The van der Waals surface area contributed by atoms with Crippen molar-refractivity contribution < 1.29 is 0 Å². The smallest absolute Gasteiger partial charge is 0.0404 e. The van der Waals surface area contributed by atoms with Gasteiger partial charge in [0.1, 0.15) is 0 Å². The number of nitrogens with one attached hydrogen (secondary N) is 1. The molecule has 2 unspecified atom stereocenters. The first-order valence-corrected chi connectivity index (χ1v) is 8.46. The minimum absolute atomic E-state index is 0.671. The summed E-state index contributed by atoms with van der Waals surface area (Å²) in [6, 6.07) is 7.35. The quantitative estimate of drug-likeness (QED) is 0.707. The van der Waals surface area contributed by atoms with Crippen LogP contribution in [0.1, 0.15) is 64.0 Å². The average molecular weight is 273 g/mol. The highest BCUT2D eigenvalue weighted by Gasteiger charge is 2.21. The van der Waals surface area contributed by atoms with Crippen molar-refractivity contribution in [2.24, 2.45) is 11.8 Å². The summed E-state index contributed by atoms with van der Waals surface area (Å²) >= 11 is 0. The van der Waals surface area contributed by atoms with E-state index in [9.17, 15) is 0 Å². The molecule has 0 spiro atoms. The van der Waals surface area contributed by atoms with Gasteiger partial charge in [-0.05, 0) is 55.6 Å². The molecule has 1 heteroatoms. The summed E-state index contributed by atoms with van der Waals surface area (Å²) < 4.78 is 0. The van der Waals surface area contributed by atoms with Gasteiger partial charge in [0, 0.05) is 11.7 Å². The SMILES string of the molecule is CCc1cccc(C)c1NC1CCCC(C(C)C)CC1. The zero-order valence-electron chi connectivity index (χ0n) is 13.7. The first-order valence-electron chi connectivity index (χ1n) is 8.46. The highest BCUT2D eigenvalue weighted by atomic mass is 14.9. The summed E-state index contributed by atoms with van der Waals surface area (Å²) in [6.45, 7) is 9.25. The molecule has 2 atom stereocenters. The monoisotopic (exact) mass is 273 g/mol. The van der Waals surface area contributed by atoms with Gasteiger partial charge in [0.25, 0.3) is 0 Å². The van der Waals surface area contributed by atoms with Gasteiger partial charge in [-0.25, -0.2) is 0 Å². The molecule has 1 aliphatic carbocycles. The third-order valence-corrected chi connectivity index (χ3v) is 5.04. The lowest BCUT2D eigenvalue weighted by atomic mass is 9.89. The summed E-state index contributed by atoms with van der Waals surface area (Å²) in [6.07, 6.45) is 7.98. The van der Waals surface area contributed by atoms with Gasteiger partial charge in [0.05, 0.1) is 0 Å². The molecule has 0 bridgehead atoms. The molecule has 1 N–H and O–H groups in total. The zero-order valence-corrected chi connectivity index (χ0v) is 13.7. The van der Waals surface area contributed by atoms with Crippen molar-refractivity contribution in [3.8, 4) is 0 Å². The van der Waals surface area contributed by atoms with E-state index in [1.54, 1.807) is 0 Å². The van der Waals surface area contributed by atoms with E-state index in [-0.39, 0.29) is 0 Å². The Morgan fingerprint density at radius 3 is 2.65 bits per heavy atom. The van der Waals surface area contributed by atoms with E-state index >= 15 is 0 Å². The van der Waals surface area contributed by atoms with Gasteiger partial charge < -0.3 is 5.32 Å². The molecule has 1 aromatic carbocycles. The minimum Gasteiger partial charge on any atom is -0.382 e. The standard InChI is InChI=1S/C19H31N/c1-5-16-9-6-8-15(4)19(16)20-18-11-7-10-17(12-13-18)14(2)3/h6,8-9,14,17-18,20H,5,7,10-13H2,1-4H3. The molecule has 20 heavy (non-hydrogen) atoms. The highest BCUT2D eigenvalue weighted by Crippen LogP contribution is 2.31. The molecule has 0 radical (unpaired) electrons. The van der Waals surface area contributed by atoms with Crippen molar-refractivity contribution in [1.29, 1.82) is 0 Å². The van der Waals surface area contributed by atoms with E-state index in [2.05, 4.69) is 51.2 Å². The van der Waals surface area contributed by atoms with Crippen molar-refractivity contribution in [1.82, 2.24) is 0 Å². The lowest BCUT2D eigenvalue weighted by molar-refractivity contribution is 0.341. The van der Waals surface area contributed by atoms with Crippen LogP contribution in [-0.4, -0.2) is 6.04 Å². The van der Waals surface area contributed by atoms with Crippen LogP contribution in [0.2, 0.25) is 0 Å². The molecule has 0 amide bonds. The molecule has 0 aliphatic heterocycles. The largest absolute Gasteiger partial charge is 0.382 e. The van der Waals surface area contributed by atoms with Gasteiger partial charge in [-0.2, -0.15) is 0 Å². The maximum atomic E-state index is 3.87. The average Bonchev–Trinajstić information content (AvgIpc) is 2.66. The van der Waals surface area contributed by atoms with Crippen LogP contribution >= 0.6 is 0 Å². The topological polar surface area (TPSA) is 12.0 Å². The number of anilines is 1. The summed E-state index contributed by atoms with van der Waals surface area (Å²) in [7, 11) is 0. The fraction of sp³-hybridized carbons (Fsp3) is 0.684. The van der Waals surface area contributed by atoms with E-state index in [0.717, 1.165) is 18.3 Å². The Kier molecular flexibility index (Phi) is 5.51. The number of hydrogen-bond acceptors (Lipinski definition) is 1. The molecule has 0 saturated heterocycles. The van der Waals surface area contributed by atoms with Crippen molar-refractivity contribution in [3.63, 3.8) is 0 Å². The second kappa shape index (κ2) is 7.15. The van der Waals surface area contributed by atoms with Crippen LogP contribution < -0.4 is 5.32 Å². The molecule has 112 valence electrons. The van der Waals surface area contributed by atoms with Crippen LogP contribution in [-0.2, 0) is 6.42 Å². The number of hydrogen-bond donors (Lipinski definition) is 1. The molecular formula is C19H31N. The predicted molar refractivity (Wildman–Crippen MR) is 89.4 cm³/mol. The van der Waals surface area contributed by atoms with Crippen LogP contribution in [0.5, 0.6) is 0 Å². The first kappa shape index (κ1) is 15.4. The molecule has 1 nitrogen and oxygen atoms in total. The molecule has 1 aromatic rings. The van der Waals surface area contributed by atoms with Crippen LogP contribution in [0.4, 0.5) is 5.69 Å². The van der Waals surface area contributed by atoms with Gasteiger partial charge in [0.15, 0.2) is 0 Å². The Balaban J connectivity index is 2.03. The fourth-order valence-electron chi connectivity index (χ4n) is 3.58. The molecule has 1 aliphatic rings. The zero-order chi connectivity index (χ0) is 14.5. The van der Waals surface area contributed by atoms with E-state index in [4.69, 9.17) is 0 Å². The summed E-state index contributed by atoms with van der Waals surface area (Å²) in [4.78, 5) is 0. The lowest BCUT2D eigenvalue weighted by Gasteiger charge is -2.22. The third-order valence-electron chi connectivity index (χ3n) is 5.04. The van der Waals surface area contributed by atoms with Crippen molar-refractivity contribution in [3.05, 3.63) is 29.3 Å². The maximum Gasteiger partial charge on any atom is 0.0404 e. The summed E-state index contributed by atoms with van der Waals surface area (Å²) in [5, 5.41) is 3.87. The van der Waals surface area contributed by atoms with Crippen LogP contribution in [0.25, 0.3) is 0 Å². The second-order valence-corrected chi connectivity index (χ2v) is 6.82. The molecular weight excluding hydrogens is 242 g/mol. The van der Waals surface area contributed by atoms with Gasteiger partial charge in [0.2, 0.25) is 0 Å². The first-order chi connectivity index (χ1) is 9.61. The Bertz CT molecular complexity index is 422. The Morgan fingerprint density at radius 2 is 1.95 bits per heavy atom. The molecule has 0 heterocycles. The van der Waals surface area contributed by atoms with E-state index in [0.29, 0.717) is 6.04 Å². The summed E-state index contributed by atoms with van der Waals surface area (Å²) in [5.41, 5.74) is 4.27. The third kappa shape index (κ3) is 3.77. The number of benzene rings is 1. The van der Waals surface area contributed by atoms with Gasteiger partial charge in [-0.3, -0.25) is 0 Å². The lowest BCUT2D eigenvalue weighted by Crippen LogP contribution is -2.20. The second-order valence-electron chi connectivity index (χ2n) is 6.82. The number of aryl methyl sites for hydroxylation is 2. The fourth-order valence-corrected chi connectivity index (χ4v) is 3.58. The van der Waals surface area contributed by atoms with E-state index in [1.807, 2.05) is 0 Å². The van der Waals surface area contributed by atoms with Crippen molar-refractivity contribution >= 4 is 5.69 Å². The van der Waals surface area contributed by atoms with Crippen molar-refractivity contribution in [2.75, 3.05) is 5.32 Å². The molecule has 1 fully saturated rings. The molecule has 0 aromatic heterocycles. The maximum absolute atomic E-state index is 3.87. The number of para-hydroxylation sites is 1. The van der Waals surface area contributed by atoms with E-state index < -0.39 is 0 Å². The Hall–Kier alpha value is -0.980. The van der Waals surface area contributed by atoms with Gasteiger partial charge in [-0.15, -0.1) is 0 Å². The highest BCUT2D eigenvalue weighted by molar-refractivity contribution is 5.57. The predicted octanol–water partition coefficient (Wildman–Crippen LogP) is 5.57. The van der Waals surface area contributed by atoms with E-state index in [1.165, 1.54) is 48.9 Å².